The number of benzene rings is 2. The lowest BCUT2D eigenvalue weighted by Gasteiger charge is -2.11. The first-order valence-electron chi connectivity index (χ1n) is 6.62. The second-order valence-corrected chi connectivity index (χ2v) is 7.37. The van der Waals surface area contributed by atoms with Crippen LogP contribution in [0.5, 0.6) is 5.75 Å². The molecule has 0 bridgehead atoms. The van der Waals surface area contributed by atoms with Crippen molar-refractivity contribution in [2.75, 3.05) is 11.6 Å². The number of rotatable bonds is 4. The topological polar surface area (TPSA) is 72.5 Å². The van der Waals surface area contributed by atoms with Gasteiger partial charge >= 0.3 is 6.36 Å². The van der Waals surface area contributed by atoms with Gasteiger partial charge in [-0.05, 0) is 30.3 Å². The molecule has 1 N–H and O–H groups in total. The van der Waals surface area contributed by atoms with E-state index in [-0.39, 0.29) is 21.2 Å². The number of sulfone groups is 1. The first-order valence-corrected chi connectivity index (χ1v) is 8.89. The molecular weight excluding hydrogens is 383 g/mol. The Morgan fingerprint density at radius 3 is 2.44 bits per heavy atom. The Kier molecular flexibility index (Phi) is 5.28. The van der Waals surface area contributed by atoms with E-state index in [0.29, 0.717) is 0 Å². The minimum Gasteiger partial charge on any atom is -0.406 e. The lowest BCUT2D eigenvalue weighted by molar-refractivity contribution is -0.274. The zero-order valence-corrected chi connectivity index (χ0v) is 14.2. The average molecular weight is 394 g/mol. The summed E-state index contributed by atoms with van der Waals surface area (Å²) in [6, 6.07) is 8.21. The molecule has 0 saturated carbocycles. The summed E-state index contributed by atoms with van der Waals surface area (Å²) < 4.78 is 63.6. The molecule has 0 saturated heterocycles. The normalized spacial score (nSPS) is 11.9. The summed E-state index contributed by atoms with van der Waals surface area (Å²) >= 11 is 5.90. The minimum atomic E-state index is -4.87. The van der Waals surface area contributed by atoms with Crippen LogP contribution in [0.2, 0.25) is 5.02 Å². The third kappa shape index (κ3) is 5.36. The van der Waals surface area contributed by atoms with Crippen LogP contribution in [0, 0.1) is 0 Å². The van der Waals surface area contributed by atoms with Gasteiger partial charge in [-0.2, -0.15) is 0 Å². The second-order valence-electron chi connectivity index (χ2n) is 4.94. The quantitative estimate of drug-likeness (QED) is 0.855. The molecule has 0 aliphatic carbocycles. The van der Waals surface area contributed by atoms with Gasteiger partial charge < -0.3 is 10.1 Å². The van der Waals surface area contributed by atoms with Crippen molar-refractivity contribution in [2.24, 2.45) is 0 Å². The van der Waals surface area contributed by atoms with Crippen molar-refractivity contribution < 1.29 is 31.1 Å². The third-order valence-corrected chi connectivity index (χ3v) is 4.38. The zero-order valence-electron chi connectivity index (χ0n) is 12.6. The number of hydrogen-bond donors (Lipinski definition) is 1. The Labute approximate surface area is 146 Å². The number of amides is 1. The van der Waals surface area contributed by atoms with Crippen molar-refractivity contribution in [3.8, 4) is 5.75 Å². The summed E-state index contributed by atoms with van der Waals surface area (Å²) in [7, 11) is -3.56. The molecule has 0 atom stereocenters. The smallest absolute Gasteiger partial charge is 0.406 e. The van der Waals surface area contributed by atoms with Crippen LogP contribution < -0.4 is 10.1 Å². The summed E-state index contributed by atoms with van der Waals surface area (Å²) in [6.45, 7) is 0. The summed E-state index contributed by atoms with van der Waals surface area (Å²) in [5.74, 6) is -1.29. The summed E-state index contributed by atoms with van der Waals surface area (Å²) in [4.78, 5) is 12.1. The van der Waals surface area contributed by atoms with Crippen molar-refractivity contribution in [3.63, 3.8) is 0 Å². The van der Waals surface area contributed by atoms with E-state index in [9.17, 15) is 26.4 Å². The molecule has 0 fully saturated rings. The predicted molar refractivity (Wildman–Crippen MR) is 85.6 cm³/mol. The molecule has 0 heterocycles. The Balaban J connectivity index is 2.27. The van der Waals surface area contributed by atoms with Crippen molar-refractivity contribution in [1.29, 1.82) is 0 Å². The van der Waals surface area contributed by atoms with Crippen LogP contribution in [0.3, 0.4) is 0 Å². The number of hydrogen-bond acceptors (Lipinski definition) is 4. The van der Waals surface area contributed by atoms with Gasteiger partial charge in [0.1, 0.15) is 5.75 Å². The maximum absolute atomic E-state index is 12.3. The highest BCUT2D eigenvalue weighted by Gasteiger charge is 2.31. The fourth-order valence-corrected chi connectivity index (χ4v) is 2.73. The number of anilines is 1. The highest BCUT2D eigenvalue weighted by atomic mass is 35.5. The van der Waals surface area contributed by atoms with Gasteiger partial charge in [0.15, 0.2) is 9.84 Å². The van der Waals surface area contributed by atoms with E-state index in [1.165, 1.54) is 24.3 Å². The lowest BCUT2D eigenvalue weighted by atomic mass is 10.2. The van der Waals surface area contributed by atoms with Gasteiger partial charge in [-0.3, -0.25) is 4.79 Å². The maximum Gasteiger partial charge on any atom is 0.573 e. The van der Waals surface area contributed by atoms with E-state index in [2.05, 4.69) is 10.1 Å². The molecule has 134 valence electrons. The maximum atomic E-state index is 12.3. The molecule has 1 amide bonds. The summed E-state index contributed by atoms with van der Waals surface area (Å²) in [5, 5.41) is 2.33. The molecule has 0 aromatic heterocycles. The summed E-state index contributed by atoms with van der Waals surface area (Å²) in [6.07, 6.45) is -3.90. The minimum absolute atomic E-state index is 0.00686. The molecule has 0 unspecified atom stereocenters. The van der Waals surface area contributed by atoms with Gasteiger partial charge in [-0.1, -0.05) is 17.7 Å². The number of carbonyl (C=O) groups is 1. The van der Waals surface area contributed by atoms with Crippen LogP contribution in [0.4, 0.5) is 18.9 Å². The Morgan fingerprint density at radius 2 is 1.84 bits per heavy atom. The molecule has 2 rings (SSSR count). The van der Waals surface area contributed by atoms with E-state index in [1.54, 1.807) is 0 Å². The van der Waals surface area contributed by atoms with Crippen LogP contribution in [-0.2, 0) is 9.84 Å². The molecular formula is C15H11ClF3NO4S. The van der Waals surface area contributed by atoms with E-state index >= 15 is 0 Å². The molecule has 0 aliphatic rings. The zero-order chi connectivity index (χ0) is 18.8. The highest BCUT2D eigenvalue weighted by Crippen LogP contribution is 2.26. The highest BCUT2D eigenvalue weighted by molar-refractivity contribution is 7.90. The molecule has 10 heteroatoms. The fraction of sp³-hybridized carbons (Fsp3) is 0.133. The van der Waals surface area contributed by atoms with Crippen LogP contribution >= 0.6 is 11.6 Å². The van der Waals surface area contributed by atoms with Gasteiger partial charge in [0.25, 0.3) is 5.91 Å². The first-order chi connectivity index (χ1) is 11.5. The van der Waals surface area contributed by atoms with Crippen molar-refractivity contribution >= 4 is 33.0 Å². The van der Waals surface area contributed by atoms with E-state index in [1.807, 2.05) is 0 Å². The van der Waals surface area contributed by atoms with Crippen molar-refractivity contribution in [3.05, 3.63) is 53.1 Å². The number of halogens is 4. The fourth-order valence-electron chi connectivity index (χ4n) is 1.88. The van der Waals surface area contributed by atoms with E-state index < -0.39 is 27.9 Å². The monoisotopic (exact) mass is 393 g/mol. The van der Waals surface area contributed by atoms with Crippen LogP contribution in [-0.4, -0.2) is 26.9 Å². The second kappa shape index (κ2) is 6.93. The van der Waals surface area contributed by atoms with E-state index in [4.69, 9.17) is 11.6 Å². The van der Waals surface area contributed by atoms with Gasteiger partial charge in [0.05, 0.1) is 15.5 Å². The van der Waals surface area contributed by atoms with Crippen LogP contribution in [0.25, 0.3) is 0 Å². The molecule has 25 heavy (non-hydrogen) atoms. The molecule has 5 nitrogen and oxygen atoms in total. The molecule has 0 radical (unpaired) electrons. The van der Waals surface area contributed by atoms with Crippen LogP contribution in [0.15, 0.2) is 47.4 Å². The number of alkyl halides is 3. The Hall–Kier alpha value is -2.26. The SMILES string of the molecule is CS(=O)(=O)c1ccc(Cl)c(C(=O)Nc2cccc(OC(F)(F)F)c2)c1. The number of carbonyl (C=O) groups excluding carboxylic acids is 1. The average Bonchev–Trinajstić information content (AvgIpc) is 2.44. The largest absolute Gasteiger partial charge is 0.573 e. The number of nitrogens with one attached hydrogen (secondary N) is 1. The lowest BCUT2D eigenvalue weighted by Crippen LogP contribution is -2.17. The molecule has 2 aromatic carbocycles. The summed E-state index contributed by atoms with van der Waals surface area (Å²) in [5.41, 5.74) is -0.112. The van der Waals surface area contributed by atoms with E-state index in [0.717, 1.165) is 24.5 Å². The first kappa shape index (κ1) is 19.1. The third-order valence-electron chi connectivity index (χ3n) is 2.94. The van der Waals surface area contributed by atoms with Gasteiger partial charge in [0, 0.05) is 18.0 Å². The number of ether oxygens (including phenoxy) is 1. The Bertz CT molecular complexity index is 913. The molecule has 0 spiro atoms. The van der Waals surface area contributed by atoms with Gasteiger partial charge in [-0.25, -0.2) is 8.42 Å². The standard InChI is InChI=1S/C15H11ClF3NO4S/c1-25(22,23)11-5-6-13(16)12(8-11)14(21)20-9-3-2-4-10(7-9)24-15(17,18)19/h2-8H,1H3,(H,20,21). The Morgan fingerprint density at radius 1 is 1.16 bits per heavy atom. The molecule has 0 aliphatic heterocycles. The van der Waals surface area contributed by atoms with Gasteiger partial charge in [0.2, 0.25) is 0 Å². The molecule has 2 aromatic rings. The van der Waals surface area contributed by atoms with Crippen molar-refractivity contribution in [1.82, 2.24) is 0 Å². The van der Waals surface area contributed by atoms with Gasteiger partial charge in [-0.15, -0.1) is 13.2 Å². The van der Waals surface area contributed by atoms with Crippen molar-refractivity contribution in [2.45, 2.75) is 11.3 Å². The predicted octanol–water partition coefficient (Wildman–Crippen LogP) is 3.89. The van der Waals surface area contributed by atoms with Crippen LogP contribution in [0.1, 0.15) is 10.4 Å².